The van der Waals surface area contributed by atoms with Gasteiger partial charge < -0.3 is 15.5 Å². The van der Waals surface area contributed by atoms with Crippen molar-refractivity contribution in [2.75, 3.05) is 6.54 Å². The maximum Gasteiger partial charge on any atom is 0.220 e. The first-order chi connectivity index (χ1) is 7.59. The lowest BCUT2D eigenvalue weighted by atomic mass is 10.2. The highest BCUT2D eigenvalue weighted by atomic mass is 32.1. The Kier molecular flexibility index (Phi) is 5.45. The molecule has 0 aliphatic heterocycles. The van der Waals surface area contributed by atoms with E-state index in [9.17, 15) is 9.90 Å². The molecule has 0 aliphatic carbocycles. The van der Waals surface area contributed by atoms with Crippen LogP contribution in [-0.2, 0) is 4.79 Å². The van der Waals surface area contributed by atoms with Crippen LogP contribution >= 0.6 is 11.3 Å². The maximum absolute atomic E-state index is 11.3. The van der Waals surface area contributed by atoms with E-state index in [-0.39, 0.29) is 18.9 Å². The van der Waals surface area contributed by atoms with Gasteiger partial charge in [0.2, 0.25) is 5.91 Å². The summed E-state index contributed by atoms with van der Waals surface area (Å²) in [5.74, 6) is -0.143. The lowest BCUT2D eigenvalue weighted by Gasteiger charge is -2.10. The summed E-state index contributed by atoms with van der Waals surface area (Å²) < 4.78 is 0. The van der Waals surface area contributed by atoms with Crippen LogP contribution in [-0.4, -0.2) is 28.8 Å². The minimum absolute atomic E-state index is 0.143. The van der Waals surface area contributed by atoms with Gasteiger partial charge in [0.25, 0.3) is 0 Å². The van der Waals surface area contributed by atoms with Crippen molar-refractivity contribution < 1.29 is 15.0 Å². The molecule has 4 nitrogen and oxygen atoms in total. The van der Waals surface area contributed by atoms with Crippen LogP contribution in [0.2, 0.25) is 0 Å². The fraction of sp³-hybridized carbons (Fsp3) is 0.545. The molecule has 1 aromatic rings. The largest absolute Gasteiger partial charge is 0.393 e. The van der Waals surface area contributed by atoms with Gasteiger partial charge in [0.05, 0.1) is 12.2 Å². The molecule has 0 radical (unpaired) electrons. The van der Waals surface area contributed by atoms with Crippen molar-refractivity contribution in [3.05, 3.63) is 22.4 Å². The zero-order valence-corrected chi connectivity index (χ0v) is 10.0. The van der Waals surface area contributed by atoms with Gasteiger partial charge >= 0.3 is 0 Å². The standard InChI is InChI=1S/C11H17NO3S/c1-8(13)2-3-11(15)12-6-10(14)9-4-5-16-7-9/h4-5,7-8,10,13-14H,2-3,6H2,1H3,(H,12,15). The second kappa shape index (κ2) is 6.62. The highest BCUT2D eigenvalue weighted by Crippen LogP contribution is 2.15. The van der Waals surface area contributed by atoms with Gasteiger partial charge in [0.1, 0.15) is 0 Å². The van der Waals surface area contributed by atoms with E-state index in [1.807, 2.05) is 16.8 Å². The van der Waals surface area contributed by atoms with Gasteiger partial charge in [0.15, 0.2) is 0 Å². The van der Waals surface area contributed by atoms with Crippen LogP contribution in [0.15, 0.2) is 16.8 Å². The smallest absolute Gasteiger partial charge is 0.220 e. The van der Waals surface area contributed by atoms with Crippen LogP contribution < -0.4 is 5.32 Å². The topological polar surface area (TPSA) is 69.6 Å². The predicted molar refractivity (Wildman–Crippen MR) is 63.2 cm³/mol. The highest BCUT2D eigenvalue weighted by molar-refractivity contribution is 7.07. The fourth-order valence-corrected chi connectivity index (χ4v) is 1.93. The molecule has 90 valence electrons. The number of nitrogens with one attached hydrogen (secondary N) is 1. The Morgan fingerprint density at radius 3 is 2.88 bits per heavy atom. The summed E-state index contributed by atoms with van der Waals surface area (Å²) in [6, 6.07) is 1.83. The van der Waals surface area contributed by atoms with Crippen molar-refractivity contribution in [3.8, 4) is 0 Å². The summed E-state index contributed by atoms with van der Waals surface area (Å²) in [5, 5.41) is 25.0. The Morgan fingerprint density at radius 1 is 1.56 bits per heavy atom. The van der Waals surface area contributed by atoms with E-state index in [4.69, 9.17) is 5.11 Å². The first-order valence-corrected chi connectivity index (χ1v) is 6.19. The minimum atomic E-state index is -0.651. The molecule has 0 bridgehead atoms. The molecule has 0 fully saturated rings. The normalized spacial score (nSPS) is 14.4. The van der Waals surface area contributed by atoms with E-state index in [2.05, 4.69) is 5.32 Å². The summed E-state index contributed by atoms with van der Waals surface area (Å²) >= 11 is 1.51. The number of carbonyl (C=O) groups is 1. The van der Waals surface area contributed by atoms with Gasteiger partial charge in [-0.25, -0.2) is 0 Å². The molecule has 1 aromatic heterocycles. The lowest BCUT2D eigenvalue weighted by molar-refractivity contribution is -0.122. The van der Waals surface area contributed by atoms with E-state index in [1.54, 1.807) is 6.92 Å². The number of carbonyl (C=O) groups excluding carboxylic acids is 1. The number of hydrogen-bond donors (Lipinski definition) is 3. The van der Waals surface area contributed by atoms with Crippen LogP contribution in [0.3, 0.4) is 0 Å². The molecule has 2 unspecified atom stereocenters. The first kappa shape index (κ1) is 13.2. The zero-order valence-electron chi connectivity index (χ0n) is 9.22. The zero-order chi connectivity index (χ0) is 12.0. The predicted octanol–water partition coefficient (Wildman–Crippen LogP) is 1.06. The molecule has 0 aliphatic rings. The summed E-state index contributed by atoms with van der Waals surface area (Å²) in [4.78, 5) is 11.3. The molecule has 16 heavy (non-hydrogen) atoms. The van der Waals surface area contributed by atoms with Crippen LogP contribution in [0.25, 0.3) is 0 Å². The average Bonchev–Trinajstić information content (AvgIpc) is 2.76. The van der Waals surface area contributed by atoms with Crippen molar-refractivity contribution in [3.63, 3.8) is 0 Å². The second-order valence-corrected chi connectivity index (χ2v) is 4.54. The molecule has 0 saturated carbocycles. The molecule has 1 amide bonds. The van der Waals surface area contributed by atoms with Crippen molar-refractivity contribution in [2.45, 2.75) is 32.0 Å². The number of amides is 1. The number of rotatable bonds is 6. The Labute approximate surface area is 98.9 Å². The van der Waals surface area contributed by atoms with Crippen molar-refractivity contribution >= 4 is 17.2 Å². The Morgan fingerprint density at radius 2 is 2.31 bits per heavy atom. The number of thiophene rings is 1. The third kappa shape index (κ3) is 4.74. The lowest BCUT2D eigenvalue weighted by Crippen LogP contribution is -2.28. The monoisotopic (exact) mass is 243 g/mol. The Balaban J connectivity index is 2.21. The highest BCUT2D eigenvalue weighted by Gasteiger charge is 2.10. The van der Waals surface area contributed by atoms with E-state index < -0.39 is 12.2 Å². The number of aliphatic hydroxyl groups is 2. The fourth-order valence-electron chi connectivity index (χ4n) is 1.22. The molecule has 0 aromatic carbocycles. The molecule has 3 N–H and O–H groups in total. The third-order valence-electron chi connectivity index (χ3n) is 2.21. The maximum atomic E-state index is 11.3. The molecule has 0 spiro atoms. The van der Waals surface area contributed by atoms with Gasteiger partial charge in [-0.05, 0) is 35.7 Å². The molecule has 2 atom stereocenters. The van der Waals surface area contributed by atoms with E-state index in [1.165, 1.54) is 11.3 Å². The summed E-state index contributed by atoms with van der Waals surface area (Å²) in [5.41, 5.74) is 0.820. The van der Waals surface area contributed by atoms with Crippen LogP contribution in [0.1, 0.15) is 31.4 Å². The Hall–Kier alpha value is -0.910. The third-order valence-corrected chi connectivity index (χ3v) is 2.91. The molecular weight excluding hydrogens is 226 g/mol. The van der Waals surface area contributed by atoms with Gasteiger partial charge in [-0.3, -0.25) is 4.79 Å². The first-order valence-electron chi connectivity index (χ1n) is 5.24. The molecule has 5 heteroatoms. The Bertz CT molecular complexity index is 311. The minimum Gasteiger partial charge on any atom is -0.393 e. The SMILES string of the molecule is CC(O)CCC(=O)NCC(O)c1ccsc1. The molecule has 0 saturated heterocycles. The number of aliphatic hydroxyl groups excluding tert-OH is 2. The number of hydrogen-bond acceptors (Lipinski definition) is 4. The van der Waals surface area contributed by atoms with Gasteiger partial charge in [-0.15, -0.1) is 0 Å². The molecule has 1 heterocycles. The van der Waals surface area contributed by atoms with Crippen LogP contribution in [0, 0.1) is 0 Å². The average molecular weight is 243 g/mol. The van der Waals surface area contributed by atoms with E-state index in [0.29, 0.717) is 6.42 Å². The van der Waals surface area contributed by atoms with Crippen LogP contribution in [0.5, 0.6) is 0 Å². The molecular formula is C11H17NO3S. The van der Waals surface area contributed by atoms with E-state index >= 15 is 0 Å². The van der Waals surface area contributed by atoms with Gasteiger partial charge in [0, 0.05) is 13.0 Å². The summed E-state index contributed by atoms with van der Waals surface area (Å²) in [7, 11) is 0. The quantitative estimate of drug-likeness (QED) is 0.699. The summed E-state index contributed by atoms with van der Waals surface area (Å²) in [6.45, 7) is 1.86. The van der Waals surface area contributed by atoms with Crippen molar-refractivity contribution in [1.29, 1.82) is 0 Å². The van der Waals surface area contributed by atoms with E-state index in [0.717, 1.165) is 5.56 Å². The van der Waals surface area contributed by atoms with Gasteiger partial charge in [-0.1, -0.05) is 0 Å². The van der Waals surface area contributed by atoms with Crippen LogP contribution in [0.4, 0.5) is 0 Å². The van der Waals surface area contributed by atoms with Crippen molar-refractivity contribution in [1.82, 2.24) is 5.32 Å². The summed E-state index contributed by atoms with van der Waals surface area (Å²) in [6.07, 6.45) is -0.386. The van der Waals surface area contributed by atoms with Gasteiger partial charge in [-0.2, -0.15) is 11.3 Å². The second-order valence-electron chi connectivity index (χ2n) is 3.76. The van der Waals surface area contributed by atoms with Crippen molar-refractivity contribution in [2.24, 2.45) is 0 Å². The molecule has 1 rings (SSSR count).